The summed E-state index contributed by atoms with van der Waals surface area (Å²) in [6.07, 6.45) is 1.26. The van der Waals surface area contributed by atoms with E-state index in [1.807, 2.05) is 55.5 Å². The highest BCUT2D eigenvalue weighted by Crippen LogP contribution is 2.45. The lowest BCUT2D eigenvalue weighted by Gasteiger charge is -2.23. The number of benzene rings is 2. The van der Waals surface area contributed by atoms with E-state index in [9.17, 15) is 14.3 Å². The summed E-state index contributed by atoms with van der Waals surface area (Å²) in [5, 5.41) is 0. The van der Waals surface area contributed by atoms with Crippen LogP contribution in [0.4, 0.5) is 0 Å². The SMILES string of the molecule is CCCC(C(=O)OCc1ccccc1)C(c1ccccc1)[PH](=O)O. The molecule has 2 aromatic rings. The summed E-state index contributed by atoms with van der Waals surface area (Å²) in [4.78, 5) is 22.4. The molecular formula is C19H23O4P. The predicted octanol–water partition coefficient (Wildman–Crippen LogP) is 4.35. The van der Waals surface area contributed by atoms with Crippen LogP contribution in [0.25, 0.3) is 0 Å². The van der Waals surface area contributed by atoms with E-state index in [4.69, 9.17) is 4.74 Å². The van der Waals surface area contributed by atoms with Gasteiger partial charge >= 0.3 is 5.97 Å². The van der Waals surface area contributed by atoms with Gasteiger partial charge in [0.1, 0.15) is 6.61 Å². The number of hydrogen-bond acceptors (Lipinski definition) is 3. The number of hydrogen-bond donors (Lipinski definition) is 1. The molecule has 0 aliphatic carbocycles. The lowest BCUT2D eigenvalue weighted by atomic mass is 9.94. The normalized spacial score (nSPS) is 14.6. The van der Waals surface area contributed by atoms with Crippen molar-refractivity contribution in [3.8, 4) is 0 Å². The molecular weight excluding hydrogens is 323 g/mol. The maximum Gasteiger partial charge on any atom is 0.310 e. The topological polar surface area (TPSA) is 63.6 Å². The standard InChI is InChI=1S/C19H23O4P/c1-2-9-17(18(24(21)22)16-12-7-4-8-13-16)19(20)23-14-15-10-5-3-6-11-15/h3-8,10-13,17-18,24H,2,9,14H2,1H3,(H,21,22). The Balaban J connectivity index is 2.16. The maximum atomic E-state index is 12.6. The Morgan fingerprint density at radius 2 is 1.67 bits per heavy atom. The van der Waals surface area contributed by atoms with Crippen LogP contribution in [0.5, 0.6) is 0 Å². The van der Waals surface area contributed by atoms with Gasteiger partial charge in [0, 0.05) is 0 Å². The van der Waals surface area contributed by atoms with Crippen molar-refractivity contribution in [2.24, 2.45) is 5.92 Å². The van der Waals surface area contributed by atoms with E-state index in [-0.39, 0.29) is 6.61 Å². The van der Waals surface area contributed by atoms with Gasteiger partial charge in [0.15, 0.2) is 8.03 Å². The summed E-state index contributed by atoms with van der Waals surface area (Å²) in [7, 11) is -2.92. The van der Waals surface area contributed by atoms with Crippen LogP contribution in [0.15, 0.2) is 60.7 Å². The van der Waals surface area contributed by atoms with E-state index in [1.54, 1.807) is 12.1 Å². The second-order valence-corrected chi connectivity index (χ2v) is 7.01. The minimum Gasteiger partial charge on any atom is -0.461 e. The van der Waals surface area contributed by atoms with Crippen LogP contribution in [-0.4, -0.2) is 10.9 Å². The first-order chi connectivity index (χ1) is 11.6. The van der Waals surface area contributed by atoms with Crippen molar-refractivity contribution in [3.05, 3.63) is 71.8 Å². The first-order valence-corrected chi connectivity index (χ1v) is 9.55. The molecule has 0 saturated carbocycles. The van der Waals surface area contributed by atoms with Crippen LogP contribution < -0.4 is 0 Å². The Morgan fingerprint density at radius 3 is 2.21 bits per heavy atom. The number of esters is 1. The molecule has 2 rings (SSSR count). The Bertz CT molecular complexity index is 658. The molecule has 3 atom stereocenters. The quantitative estimate of drug-likeness (QED) is 0.570. The fraction of sp³-hybridized carbons (Fsp3) is 0.316. The summed E-state index contributed by atoms with van der Waals surface area (Å²) >= 11 is 0. The molecule has 5 heteroatoms. The zero-order chi connectivity index (χ0) is 17.4. The Kier molecular flexibility index (Phi) is 7.23. The molecule has 2 aromatic carbocycles. The van der Waals surface area contributed by atoms with Crippen LogP contribution in [-0.2, 0) is 20.7 Å². The molecule has 0 spiro atoms. The van der Waals surface area contributed by atoms with Gasteiger partial charge in [-0.15, -0.1) is 0 Å². The van der Waals surface area contributed by atoms with Crippen molar-refractivity contribution in [2.75, 3.05) is 0 Å². The molecule has 4 nitrogen and oxygen atoms in total. The highest BCUT2D eigenvalue weighted by atomic mass is 31.1. The van der Waals surface area contributed by atoms with Crippen molar-refractivity contribution >= 4 is 14.0 Å². The maximum absolute atomic E-state index is 12.6. The van der Waals surface area contributed by atoms with Crippen LogP contribution in [0.1, 0.15) is 36.6 Å². The molecule has 1 N–H and O–H groups in total. The smallest absolute Gasteiger partial charge is 0.310 e. The monoisotopic (exact) mass is 346 g/mol. The third kappa shape index (κ3) is 5.05. The average molecular weight is 346 g/mol. The second kappa shape index (κ2) is 9.41. The lowest BCUT2D eigenvalue weighted by molar-refractivity contribution is -0.150. The van der Waals surface area contributed by atoms with Gasteiger partial charge in [0.05, 0.1) is 11.6 Å². The zero-order valence-electron chi connectivity index (χ0n) is 13.7. The Hall–Kier alpha value is -1.90. The Labute approximate surface area is 143 Å². The van der Waals surface area contributed by atoms with E-state index in [0.29, 0.717) is 12.0 Å². The molecule has 0 bridgehead atoms. The molecule has 0 aromatic heterocycles. The molecule has 0 heterocycles. The molecule has 24 heavy (non-hydrogen) atoms. The summed E-state index contributed by atoms with van der Waals surface area (Å²) in [5.74, 6) is -1.03. The third-order valence-electron chi connectivity index (χ3n) is 3.95. The van der Waals surface area contributed by atoms with Crippen molar-refractivity contribution in [2.45, 2.75) is 32.0 Å². The fourth-order valence-corrected chi connectivity index (χ4v) is 3.90. The minimum atomic E-state index is -2.92. The van der Waals surface area contributed by atoms with Gasteiger partial charge in [-0.3, -0.25) is 9.36 Å². The molecule has 0 fully saturated rings. The first kappa shape index (κ1) is 18.4. The fourth-order valence-electron chi connectivity index (χ4n) is 2.77. The van der Waals surface area contributed by atoms with Gasteiger partial charge in [-0.25, -0.2) is 0 Å². The summed E-state index contributed by atoms with van der Waals surface area (Å²) < 4.78 is 17.4. The predicted molar refractivity (Wildman–Crippen MR) is 95.0 cm³/mol. The van der Waals surface area contributed by atoms with Gasteiger partial charge < -0.3 is 9.63 Å². The van der Waals surface area contributed by atoms with E-state index >= 15 is 0 Å². The van der Waals surface area contributed by atoms with E-state index < -0.39 is 25.6 Å². The summed E-state index contributed by atoms with van der Waals surface area (Å²) in [6, 6.07) is 18.5. The molecule has 3 unspecified atom stereocenters. The van der Waals surface area contributed by atoms with Gasteiger partial charge in [0.25, 0.3) is 0 Å². The summed E-state index contributed by atoms with van der Waals surface area (Å²) in [6.45, 7) is 2.13. The molecule has 0 saturated heterocycles. The Morgan fingerprint density at radius 1 is 1.08 bits per heavy atom. The van der Waals surface area contributed by atoms with E-state index in [1.165, 1.54) is 0 Å². The zero-order valence-corrected chi connectivity index (χ0v) is 14.7. The molecule has 0 aliphatic heterocycles. The first-order valence-electron chi connectivity index (χ1n) is 8.11. The van der Waals surface area contributed by atoms with Crippen LogP contribution >= 0.6 is 8.03 Å². The van der Waals surface area contributed by atoms with Gasteiger partial charge in [-0.05, 0) is 17.5 Å². The number of carbonyl (C=O) groups excluding carboxylic acids is 1. The molecule has 128 valence electrons. The average Bonchev–Trinajstić information content (AvgIpc) is 2.61. The number of ether oxygens (including phenoxy) is 1. The number of carbonyl (C=O) groups is 1. The minimum absolute atomic E-state index is 0.174. The summed E-state index contributed by atoms with van der Waals surface area (Å²) in [5.41, 5.74) is 0.896. The number of rotatable bonds is 8. The second-order valence-electron chi connectivity index (χ2n) is 5.72. The third-order valence-corrected chi connectivity index (χ3v) is 5.22. The molecule has 0 radical (unpaired) electrons. The van der Waals surface area contributed by atoms with Gasteiger partial charge in [0.2, 0.25) is 0 Å². The highest BCUT2D eigenvalue weighted by Gasteiger charge is 2.33. The molecule has 0 amide bonds. The van der Waals surface area contributed by atoms with Crippen LogP contribution in [0.2, 0.25) is 0 Å². The van der Waals surface area contributed by atoms with Gasteiger partial charge in [-0.1, -0.05) is 74.0 Å². The van der Waals surface area contributed by atoms with Crippen molar-refractivity contribution in [1.29, 1.82) is 0 Å². The lowest BCUT2D eigenvalue weighted by Crippen LogP contribution is -2.23. The van der Waals surface area contributed by atoms with E-state index in [0.717, 1.165) is 12.0 Å². The van der Waals surface area contributed by atoms with Crippen LogP contribution in [0.3, 0.4) is 0 Å². The largest absolute Gasteiger partial charge is 0.461 e. The van der Waals surface area contributed by atoms with Crippen molar-refractivity contribution < 1.29 is 19.0 Å². The molecule has 0 aliphatic rings. The van der Waals surface area contributed by atoms with Gasteiger partial charge in [-0.2, -0.15) is 0 Å². The highest BCUT2D eigenvalue weighted by molar-refractivity contribution is 7.38. The van der Waals surface area contributed by atoms with Crippen molar-refractivity contribution in [1.82, 2.24) is 0 Å². The van der Waals surface area contributed by atoms with Crippen molar-refractivity contribution in [3.63, 3.8) is 0 Å². The van der Waals surface area contributed by atoms with E-state index in [2.05, 4.69) is 0 Å². The van der Waals surface area contributed by atoms with Crippen LogP contribution in [0, 0.1) is 5.92 Å².